The predicted molar refractivity (Wildman–Crippen MR) is 55.8 cm³/mol. The third kappa shape index (κ3) is 3.28. The summed E-state index contributed by atoms with van der Waals surface area (Å²) in [5, 5.41) is 8.69. The highest BCUT2D eigenvalue weighted by atomic mass is 16.2. The minimum atomic E-state index is 0.347. The van der Waals surface area contributed by atoms with Crippen LogP contribution in [0.5, 0.6) is 0 Å². The molecule has 1 N–H and O–H groups in total. The number of hydrogen-bond donors (Lipinski definition) is 1. The first-order valence-corrected chi connectivity index (χ1v) is 5.68. The van der Waals surface area contributed by atoms with Crippen molar-refractivity contribution in [1.82, 2.24) is 4.90 Å². The van der Waals surface area contributed by atoms with E-state index in [1.54, 1.807) is 0 Å². The smallest absolute Gasteiger partial charge is 0.0431 e. The van der Waals surface area contributed by atoms with E-state index in [1.807, 2.05) is 0 Å². The quantitative estimate of drug-likeness (QED) is 0.612. The zero-order valence-electron chi connectivity index (χ0n) is 9.00. The summed E-state index contributed by atoms with van der Waals surface area (Å²) in [6.45, 7) is 7.22. The fourth-order valence-corrected chi connectivity index (χ4v) is 2.10. The van der Waals surface area contributed by atoms with E-state index >= 15 is 0 Å². The molecule has 1 rings (SSSR count). The van der Waals surface area contributed by atoms with Gasteiger partial charge >= 0.3 is 0 Å². The molecular weight excluding hydrogens is 162 g/mol. The summed E-state index contributed by atoms with van der Waals surface area (Å²) in [4.78, 5) is 2.57. The lowest BCUT2D eigenvalue weighted by molar-refractivity contribution is 0.235. The standard InChI is InChI=1S/C11H23NO/c1-3-10-9-11(10)12(4-2)7-5-6-8-13/h10-11,13H,3-9H2,1-2H3. The van der Waals surface area contributed by atoms with Crippen LogP contribution < -0.4 is 0 Å². The summed E-state index contributed by atoms with van der Waals surface area (Å²) in [7, 11) is 0. The normalized spacial score (nSPS) is 26.8. The SMILES string of the molecule is CCC1CC1N(CC)CCCCO. The molecule has 0 saturated heterocycles. The second-order valence-corrected chi connectivity index (χ2v) is 4.03. The Kier molecular flexibility index (Phi) is 4.74. The highest BCUT2D eigenvalue weighted by Crippen LogP contribution is 2.38. The van der Waals surface area contributed by atoms with Gasteiger partial charge in [0.15, 0.2) is 0 Å². The number of hydrogen-bond acceptors (Lipinski definition) is 2. The molecule has 0 aromatic carbocycles. The Morgan fingerprint density at radius 3 is 2.54 bits per heavy atom. The highest BCUT2D eigenvalue weighted by Gasteiger charge is 2.38. The third-order valence-electron chi connectivity index (χ3n) is 3.14. The maximum absolute atomic E-state index is 8.69. The fraction of sp³-hybridized carbons (Fsp3) is 1.00. The summed E-state index contributed by atoms with van der Waals surface area (Å²) < 4.78 is 0. The molecule has 0 aromatic rings. The van der Waals surface area contributed by atoms with E-state index < -0.39 is 0 Å². The minimum Gasteiger partial charge on any atom is -0.396 e. The summed E-state index contributed by atoms with van der Waals surface area (Å²) in [5.41, 5.74) is 0. The number of unbranched alkanes of at least 4 members (excludes halogenated alkanes) is 1. The molecule has 0 radical (unpaired) electrons. The van der Waals surface area contributed by atoms with Gasteiger partial charge in [-0.25, -0.2) is 0 Å². The zero-order chi connectivity index (χ0) is 9.68. The van der Waals surface area contributed by atoms with Crippen molar-refractivity contribution in [3.63, 3.8) is 0 Å². The number of aliphatic hydroxyl groups excluding tert-OH is 1. The van der Waals surface area contributed by atoms with Gasteiger partial charge in [-0.05, 0) is 38.3 Å². The molecule has 2 heteroatoms. The van der Waals surface area contributed by atoms with Gasteiger partial charge in [-0.15, -0.1) is 0 Å². The molecule has 0 aromatic heterocycles. The Hall–Kier alpha value is -0.0800. The monoisotopic (exact) mass is 185 g/mol. The van der Waals surface area contributed by atoms with Gasteiger partial charge in [0.05, 0.1) is 0 Å². The maximum atomic E-state index is 8.69. The molecule has 2 nitrogen and oxygen atoms in total. The van der Waals surface area contributed by atoms with E-state index in [1.165, 1.54) is 25.9 Å². The fourth-order valence-electron chi connectivity index (χ4n) is 2.10. The molecule has 1 saturated carbocycles. The lowest BCUT2D eigenvalue weighted by Gasteiger charge is -2.20. The molecule has 0 aliphatic heterocycles. The van der Waals surface area contributed by atoms with Gasteiger partial charge in [0.25, 0.3) is 0 Å². The first-order valence-electron chi connectivity index (χ1n) is 5.68. The van der Waals surface area contributed by atoms with E-state index in [-0.39, 0.29) is 0 Å². The summed E-state index contributed by atoms with van der Waals surface area (Å²) in [6.07, 6.45) is 4.85. The Morgan fingerprint density at radius 1 is 1.31 bits per heavy atom. The van der Waals surface area contributed by atoms with Crippen molar-refractivity contribution in [2.75, 3.05) is 19.7 Å². The van der Waals surface area contributed by atoms with E-state index in [0.717, 1.165) is 24.8 Å². The highest BCUT2D eigenvalue weighted by molar-refractivity contribution is 4.93. The Labute approximate surface area is 81.9 Å². The van der Waals surface area contributed by atoms with Crippen LogP contribution in [0.3, 0.4) is 0 Å². The average molecular weight is 185 g/mol. The molecule has 2 atom stereocenters. The third-order valence-corrected chi connectivity index (χ3v) is 3.14. The predicted octanol–water partition coefficient (Wildman–Crippen LogP) is 1.88. The number of rotatable bonds is 7. The lowest BCUT2D eigenvalue weighted by Crippen LogP contribution is -2.28. The molecule has 0 heterocycles. The lowest BCUT2D eigenvalue weighted by atomic mass is 10.2. The van der Waals surface area contributed by atoms with Gasteiger partial charge < -0.3 is 10.0 Å². The van der Waals surface area contributed by atoms with Crippen LogP contribution in [0.2, 0.25) is 0 Å². The molecular formula is C11H23NO. The van der Waals surface area contributed by atoms with Crippen LogP contribution in [0.15, 0.2) is 0 Å². The Balaban J connectivity index is 2.13. The molecule has 0 amide bonds. The van der Waals surface area contributed by atoms with Gasteiger partial charge in [0.1, 0.15) is 0 Å². The molecule has 0 spiro atoms. The van der Waals surface area contributed by atoms with Crippen LogP contribution in [-0.4, -0.2) is 35.7 Å². The maximum Gasteiger partial charge on any atom is 0.0431 e. The van der Waals surface area contributed by atoms with Crippen molar-refractivity contribution in [3.8, 4) is 0 Å². The van der Waals surface area contributed by atoms with Crippen molar-refractivity contribution in [2.24, 2.45) is 5.92 Å². The summed E-state index contributed by atoms with van der Waals surface area (Å²) >= 11 is 0. The summed E-state index contributed by atoms with van der Waals surface area (Å²) in [6, 6.07) is 0.869. The minimum absolute atomic E-state index is 0.347. The van der Waals surface area contributed by atoms with Crippen LogP contribution in [0.1, 0.15) is 39.5 Å². The van der Waals surface area contributed by atoms with E-state index in [9.17, 15) is 0 Å². The second-order valence-electron chi connectivity index (χ2n) is 4.03. The molecule has 1 aliphatic carbocycles. The Morgan fingerprint density at radius 2 is 2.08 bits per heavy atom. The number of nitrogens with zero attached hydrogens (tertiary/aromatic N) is 1. The summed E-state index contributed by atoms with van der Waals surface area (Å²) in [5.74, 6) is 0.967. The molecule has 1 aliphatic rings. The van der Waals surface area contributed by atoms with Crippen LogP contribution in [0, 0.1) is 5.92 Å². The van der Waals surface area contributed by atoms with Crippen molar-refractivity contribution >= 4 is 0 Å². The Bertz CT molecular complexity index is 138. The molecule has 13 heavy (non-hydrogen) atoms. The van der Waals surface area contributed by atoms with Crippen LogP contribution in [0.4, 0.5) is 0 Å². The van der Waals surface area contributed by atoms with E-state index in [2.05, 4.69) is 18.7 Å². The first kappa shape index (κ1) is 11.0. The molecule has 2 unspecified atom stereocenters. The van der Waals surface area contributed by atoms with Crippen molar-refractivity contribution in [3.05, 3.63) is 0 Å². The first-order chi connectivity index (χ1) is 6.33. The molecule has 1 fully saturated rings. The van der Waals surface area contributed by atoms with Gasteiger partial charge in [0, 0.05) is 12.6 Å². The number of aliphatic hydroxyl groups is 1. The zero-order valence-corrected chi connectivity index (χ0v) is 9.00. The van der Waals surface area contributed by atoms with Crippen LogP contribution >= 0.6 is 0 Å². The second kappa shape index (κ2) is 5.61. The topological polar surface area (TPSA) is 23.5 Å². The van der Waals surface area contributed by atoms with Crippen molar-refractivity contribution < 1.29 is 5.11 Å². The van der Waals surface area contributed by atoms with E-state index in [0.29, 0.717) is 6.61 Å². The van der Waals surface area contributed by atoms with Crippen molar-refractivity contribution in [2.45, 2.75) is 45.6 Å². The van der Waals surface area contributed by atoms with Gasteiger partial charge in [-0.1, -0.05) is 20.3 Å². The van der Waals surface area contributed by atoms with Gasteiger partial charge in [-0.3, -0.25) is 0 Å². The molecule has 0 bridgehead atoms. The van der Waals surface area contributed by atoms with Gasteiger partial charge in [-0.2, -0.15) is 0 Å². The van der Waals surface area contributed by atoms with Gasteiger partial charge in [0.2, 0.25) is 0 Å². The molecule has 78 valence electrons. The van der Waals surface area contributed by atoms with Crippen molar-refractivity contribution in [1.29, 1.82) is 0 Å². The van der Waals surface area contributed by atoms with E-state index in [4.69, 9.17) is 5.11 Å². The van der Waals surface area contributed by atoms with Crippen LogP contribution in [0.25, 0.3) is 0 Å². The van der Waals surface area contributed by atoms with Crippen LogP contribution in [-0.2, 0) is 0 Å². The largest absolute Gasteiger partial charge is 0.396 e. The average Bonchev–Trinajstić information content (AvgIpc) is 2.92.